The number of amides is 1. The van der Waals surface area contributed by atoms with E-state index < -0.39 is 0 Å². The van der Waals surface area contributed by atoms with Crippen LogP contribution < -0.4 is 5.32 Å². The molecule has 3 saturated carbocycles. The Morgan fingerprint density at radius 3 is 2.82 bits per heavy atom. The van der Waals surface area contributed by atoms with Gasteiger partial charge < -0.3 is 10.2 Å². The third-order valence-corrected chi connectivity index (χ3v) is 7.28. The number of carbonyl (C=O) groups excluding carboxylic acids is 1. The maximum Gasteiger partial charge on any atom is 0.246 e. The molecule has 144 valence electrons. The number of hydrogen-bond acceptors (Lipinski definition) is 4. The molecule has 1 atom stereocenters. The van der Waals surface area contributed by atoms with Gasteiger partial charge in [0.05, 0.1) is 29.3 Å². The molecule has 2 aliphatic heterocycles. The van der Waals surface area contributed by atoms with E-state index in [9.17, 15) is 4.79 Å². The van der Waals surface area contributed by atoms with E-state index in [1.807, 2.05) is 11.1 Å². The predicted molar refractivity (Wildman–Crippen MR) is 105 cm³/mol. The highest BCUT2D eigenvalue weighted by atomic mass is 16.2. The Morgan fingerprint density at radius 2 is 2.14 bits per heavy atom. The van der Waals surface area contributed by atoms with Gasteiger partial charge >= 0.3 is 0 Å². The van der Waals surface area contributed by atoms with Gasteiger partial charge in [-0.2, -0.15) is 5.10 Å². The fourth-order valence-corrected chi connectivity index (χ4v) is 5.68. The first-order valence-corrected chi connectivity index (χ1v) is 10.4. The summed E-state index contributed by atoms with van der Waals surface area (Å²) in [5, 5.41) is 8.55. The van der Waals surface area contributed by atoms with E-state index in [1.165, 1.54) is 42.3 Å². The molecule has 6 nitrogen and oxygen atoms in total. The van der Waals surface area contributed by atoms with Gasteiger partial charge in [-0.15, -0.1) is 0 Å². The summed E-state index contributed by atoms with van der Waals surface area (Å²) in [6, 6.07) is 4.55. The minimum absolute atomic E-state index is 0.000319. The number of carbonyl (C=O) groups is 1. The largest absolute Gasteiger partial charge is 0.337 e. The summed E-state index contributed by atoms with van der Waals surface area (Å²) in [5.74, 6) is 0.963. The molecule has 28 heavy (non-hydrogen) atoms. The van der Waals surface area contributed by atoms with Gasteiger partial charge in [-0.25, -0.2) is 4.68 Å². The van der Waals surface area contributed by atoms with Gasteiger partial charge in [0, 0.05) is 49.1 Å². The van der Waals surface area contributed by atoms with Crippen molar-refractivity contribution in [3.63, 3.8) is 0 Å². The Morgan fingerprint density at radius 1 is 1.29 bits per heavy atom. The van der Waals surface area contributed by atoms with Crippen LogP contribution in [0.15, 0.2) is 31.0 Å². The zero-order valence-electron chi connectivity index (χ0n) is 16.0. The maximum absolute atomic E-state index is 12.1. The number of aromatic nitrogens is 3. The van der Waals surface area contributed by atoms with Gasteiger partial charge in [-0.3, -0.25) is 9.78 Å². The van der Waals surface area contributed by atoms with Gasteiger partial charge in [0.15, 0.2) is 0 Å². The normalized spacial score (nSPS) is 29.9. The second-order valence-electron chi connectivity index (χ2n) is 8.87. The summed E-state index contributed by atoms with van der Waals surface area (Å²) in [6.07, 6.45) is 9.12. The molecule has 4 heterocycles. The number of pyridine rings is 1. The molecule has 6 heteroatoms. The summed E-state index contributed by atoms with van der Waals surface area (Å²) >= 11 is 0. The number of nitrogens with zero attached hydrogens (tertiary/aromatic N) is 4. The van der Waals surface area contributed by atoms with Crippen LogP contribution in [0.5, 0.6) is 0 Å². The molecule has 0 aromatic carbocycles. The first kappa shape index (κ1) is 16.5. The lowest BCUT2D eigenvalue weighted by molar-refractivity contribution is -0.126. The van der Waals surface area contributed by atoms with Crippen LogP contribution >= 0.6 is 0 Å². The lowest BCUT2D eigenvalue weighted by Gasteiger charge is -2.61. The molecule has 3 aliphatic carbocycles. The maximum atomic E-state index is 12.1. The highest BCUT2D eigenvalue weighted by Gasteiger charge is 2.58. The van der Waals surface area contributed by atoms with Crippen LogP contribution in [0, 0.1) is 5.92 Å². The third-order valence-electron chi connectivity index (χ3n) is 7.28. The Bertz CT molecular complexity index is 959. The van der Waals surface area contributed by atoms with Gasteiger partial charge in [0.25, 0.3) is 0 Å². The lowest BCUT2D eigenvalue weighted by atomic mass is 9.43. The van der Waals surface area contributed by atoms with E-state index in [1.54, 1.807) is 0 Å². The van der Waals surface area contributed by atoms with Crippen molar-refractivity contribution in [2.75, 3.05) is 19.6 Å². The molecule has 7 rings (SSSR count). The van der Waals surface area contributed by atoms with Crippen molar-refractivity contribution in [1.29, 1.82) is 0 Å². The van der Waals surface area contributed by atoms with Crippen molar-refractivity contribution in [3.05, 3.63) is 53.6 Å². The SMILES string of the molecule is C=CC(=O)N1CCc2nn(-c3ccc(C45CC(C4)C5)nc3)c3c2C(C1)NCC3. The van der Waals surface area contributed by atoms with Crippen molar-refractivity contribution < 1.29 is 4.79 Å². The molecular formula is C22H25N5O. The standard InChI is InChI=1S/C22H25N5O/c1-2-20(28)26-8-6-16-21-17(13-26)23-7-5-18(21)27(25-16)15-3-4-19(24-12-15)22-9-14(10-22)11-22/h2-4,12,14,17,23H,1,5-11,13H2. The molecule has 0 radical (unpaired) electrons. The monoisotopic (exact) mass is 375 g/mol. The fraction of sp³-hybridized carbons (Fsp3) is 0.500. The zero-order valence-corrected chi connectivity index (χ0v) is 16.0. The molecule has 3 fully saturated rings. The van der Waals surface area contributed by atoms with E-state index in [0.29, 0.717) is 18.5 Å². The van der Waals surface area contributed by atoms with E-state index in [4.69, 9.17) is 10.1 Å². The van der Waals surface area contributed by atoms with Crippen LogP contribution in [0.25, 0.3) is 5.69 Å². The second-order valence-corrected chi connectivity index (χ2v) is 8.87. The average Bonchev–Trinajstić information content (AvgIpc) is 2.91. The third kappa shape index (κ3) is 2.21. The number of nitrogens with one attached hydrogen (secondary N) is 1. The number of hydrogen-bond donors (Lipinski definition) is 1. The van der Waals surface area contributed by atoms with Crippen LogP contribution in [0.1, 0.15) is 47.9 Å². The van der Waals surface area contributed by atoms with E-state index in [-0.39, 0.29) is 11.9 Å². The molecule has 2 bridgehead atoms. The zero-order chi connectivity index (χ0) is 18.9. The van der Waals surface area contributed by atoms with E-state index >= 15 is 0 Å². The quantitative estimate of drug-likeness (QED) is 0.835. The van der Waals surface area contributed by atoms with Gasteiger partial charge in [0.1, 0.15) is 0 Å². The molecule has 5 aliphatic rings. The Hall–Kier alpha value is -2.47. The minimum Gasteiger partial charge on any atom is -0.337 e. The molecule has 2 aromatic heterocycles. The molecular weight excluding hydrogens is 350 g/mol. The summed E-state index contributed by atoms with van der Waals surface area (Å²) < 4.78 is 2.10. The van der Waals surface area contributed by atoms with Gasteiger partial charge in [-0.1, -0.05) is 6.58 Å². The van der Waals surface area contributed by atoms with Gasteiger partial charge in [-0.05, 0) is 43.4 Å². The Balaban J connectivity index is 1.34. The smallest absolute Gasteiger partial charge is 0.246 e. The first-order valence-electron chi connectivity index (χ1n) is 10.4. The lowest BCUT2D eigenvalue weighted by Crippen LogP contribution is -2.55. The Labute approximate surface area is 164 Å². The second kappa shape index (κ2) is 5.77. The van der Waals surface area contributed by atoms with Crippen molar-refractivity contribution in [3.8, 4) is 5.69 Å². The average molecular weight is 375 g/mol. The molecule has 0 spiro atoms. The highest BCUT2D eigenvalue weighted by Crippen LogP contribution is 2.64. The van der Waals surface area contributed by atoms with Crippen molar-refractivity contribution in [1.82, 2.24) is 25.0 Å². The highest BCUT2D eigenvalue weighted by molar-refractivity contribution is 5.87. The van der Waals surface area contributed by atoms with Crippen LogP contribution in [0.3, 0.4) is 0 Å². The van der Waals surface area contributed by atoms with Crippen molar-refractivity contribution in [2.45, 2.75) is 43.6 Å². The van der Waals surface area contributed by atoms with Crippen LogP contribution in [0.4, 0.5) is 0 Å². The van der Waals surface area contributed by atoms with Crippen LogP contribution in [-0.2, 0) is 23.1 Å². The van der Waals surface area contributed by atoms with Crippen LogP contribution in [0.2, 0.25) is 0 Å². The number of rotatable bonds is 3. The molecule has 0 saturated heterocycles. The molecule has 1 N–H and O–H groups in total. The Kier molecular flexibility index (Phi) is 3.39. The fourth-order valence-electron chi connectivity index (χ4n) is 5.68. The molecule has 1 unspecified atom stereocenters. The first-order chi connectivity index (χ1) is 13.7. The summed E-state index contributed by atoms with van der Waals surface area (Å²) in [5.41, 5.74) is 6.38. The van der Waals surface area contributed by atoms with E-state index in [0.717, 1.165) is 36.7 Å². The minimum atomic E-state index is 0.000319. The predicted octanol–water partition coefficient (Wildman–Crippen LogP) is 2.08. The van der Waals surface area contributed by atoms with Gasteiger partial charge in [0.2, 0.25) is 5.91 Å². The van der Waals surface area contributed by atoms with Crippen molar-refractivity contribution >= 4 is 5.91 Å². The van der Waals surface area contributed by atoms with Crippen LogP contribution in [-0.4, -0.2) is 45.2 Å². The summed E-state index contributed by atoms with van der Waals surface area (Å²) in [7, 11) is 0. The molecule has 1 amide bonds. The molecule has 2 aromatic rings. The summed E-state index contributed by atoms with van der Waals surface area (Å²) in [6.45, 7) is 5.90. The topological polar surface area (TPSA) is 63.1 Å². The summed E-state index contributed by atoms with van der Waals surface area (Å²) in [4.78, 5) is 18.8. The van der Waals surface area contributed by atoms with Crippen molar-refractivity contribution in [2.24, 2.45) is 5.92 Å². The van der Waals surface area contributed by atoms with E-state index in [2.05, 4.69) is 28.7 Å².